The van der Waals surface area contributed by atoms with E-state index in [9.17, 15) is 9.59 Å². The number of benzene rings is 1. The molecule has 8 heteroatoms. The van der Waals surface area contributed by atoms with Crippen molar-refractivity contribution >= 4 is 28.4 Å². The van der Waals surface area contributed by atoms with Crippen molar-refractivity contribution in [3.63, 3.8) is 0 Å². The molecule has 1 aromatic carbocycles. The molecule has 0 aliphatic rings. The first-order valence-corrected chi connectivity index (χ1v) is 7.67. The summed E-state index contributed by atoms with van der Waals surface area (Å²) in [7, 11) is 1.26. The number of rotatable bonds is 6. The van der Waals surface area contributed by atoms with Gasteiger partial charge in [-0.3, -0.25) is 4.79 Å². The topological polar surface area (TPSA) is 104 Å². The fraction of sp³-hybridized carbons (Fsp3) is 0.267. The van der Waals surface area contributed by atoms with Crippen molar-refractivity contribution in [1.82, 2.24) is 9.69 Å². The highest BCUT2D eigenvalue weighted by Gasteiger charge is 2.21. The number of carbonyl (C=O) groups excluding carboxylic acids is 2. The predicted octanol–water partition coefficient (Wildman–Crippen LogP) is 1.84. The van der Waals surface area contributed by atoms with Gasteiger partial charge in [0.1, 0.15) is 11.6 Å². The lowest BCUT2D eigenvalue weighted by Gasteiger charge is -2.07. The number of esters is 1. The highest BCUT2D eigenvalue weighted by atomic mass is 32.1. The van der Waals surface area contributed by atoms with Crippen LogP contribution in [0.3, 0.4) is 0 Å². The maximum absolute atomic E-state index is 11.8. The summed E-state index contributed by atoms with van der Waals surface area (Å²) in [6.45, 7) is 2.56. The third kappa shape index (κ3) is 3.98. The molecule has 23 heavy (non-hydrogen) atoms. The lowest BCUT2D eigenvalue weighted by atomic mass is 10.1. The van der Waals surface area contributed by atoms with Crippen LogP contribution in [-0.2, 0) is 11.3 Å². The molecule has 0 spiro atoms. The molecule has 3 N–H and O–H groups in total. The van der Waals surface area contributed by atoms with Crippen LogP contribution in [0, 0.1) is 0 Å². The van der Waals surface area contributed by atoms with Crippen LogP contribution in [-0.4, -0.2) is 29.9 Å². The van der Waals surface area contributed by atoms with Crippen molar-refractivity contribution in [2.24, 2.45) is 0 Å². The van der Waals surface area contributed by atoms with Crippen molar-refractivity contribution in [3.8, 4) is 5.88 Å². The van der Waals surface area contributed by atoms with E-state index in [1.54, 1.807) is 18.2 Å². The highest BCUT2D eigenvalue weighted by molar-refractivity contribution is 7.10. The van der Waals surface area contributed by atoms with Gasteiger partial charge in [0.2, 0.25) is 5.88 Å². The Bertz CT molecular complexity index is 714. The van der Waals surface area contributed by atoms with E-state index in [0.29, 0.717) is 12.1 Å². The molecule has 0 radical (unpaired) electrons. The van der Waals surface area contributed by atoms with Gasteiger partial charge in [-0.25, -0.2) is 4.79 Å². The number of aromatic nitrogens is 1. The zero-order valence-corrected chi connectivity index (χ0v) is 13.6. The second kappa shape index (κ2) is 7.59. The lowest BCUT2D eigenvalue weighted by molar-refractivity contribution is 0.0596. The van der Waals surface area contributed by atoms with Crippen LogP contribution in [0.1, 0.15) is 33.2 Å². The normalized spacial score (nSPS) is 10.2. The molecule has 0 aliphatic heterocycles. The van der Waals surface area contributed by atoms with Crippen LogP contribution in [0.4, 0.5) is 5.00 Å². The first kappa shape index (κ1) is 16.8. The van der Waals surface area contributed by atoms with E-state index in [1.807, 2.05) is 13.0 Å². The second-order valence-corrected chi connectivity index (χ2v) is 5.37. The molecule has 0 aliphatic carbocycles. The monoisotopic (exact) mass is 335 g/mol. The maximum Gasteiger partial charge on any atom is 0.346 e. The Kier molecular flexibility index (Phi) is 5.53. The van der Waals surface area contributed by atoms with Gasteiger partial charge >= 0.3 is 5.97 Å². The summed E-state index contributed by atoms with van der Waals surface area (Å²) >= 11 is 0.962. The van der Waals surface area contributed by atoms with E-state index < -0.39 is 5.97 Å². The third-order valence-corrected chi connectivity index (χ3v) is 3.64. The van der Waals surface area contributed by atoms with Crippen LogP contribution in [0.5, 0.6) is 5.88 Å². The Morgan fingerprint density at radius 1 is 1.39 bits per heavy atom. The SMILES string of the molecule is CCNC(=O)c1cccc(COc2nsc(N)c2C(=O)OC)c1. The number of methoxy groups -OCH3 is 1. The van der Waals surface area contributed by atoms with E-state index in [0.717, 1.165) is 17.1 Å². The Morgan fingerprint density at radius 2 is 2.17 bits per heavy atom. The van der Waals surface area contributed by atoms with Crippen LogP contribution < -0.4 is 15.8 Å². The summed E-state index contributed by atoms with van der Waals surface area (Å²) in [5.41, 5.74) is 7.14. The molecule has 0 saturated heterocycles. The highest BCUT2D eigenvalue weighted by Crippen LogP contribution is 2.29. The Balaban J connectivity index is 2.11. The summed E-state index contributed by atoms with van der Waals surface area (Å²) in [6.07, 6.45) is 0. The number of carbonyl (C=O) groups is 2. The number of amides is 1. The summed E-state index contributed by atoms with van der Waals surface area (Å²) in [5, 5.41) is 2.97. The van der Waals surface area contributed by atoms with E-state index in [2.05, 4.69) is 14.4 Å². The van der Waals surface area contributed by atoms with Crippen molar-refractivity contribution < 1.29 is 19.1 Å². The summed E-state index contributed by atoms with van der Waals surface area (Å²) in [6, 6.07) is 7.02. The lowest BCUT2D eigenvalue weighted by Crippen LogP contribution is -2.22. The average Bonchev–Trinajstić information content (AvgIpc) is 2.93. The number of hydrogen-bond donors (Lipinski definition) is 2. The molecular formula is C15H17N3O4S. The van der Waals surface area contributed by atoms with E-state index in [4.69, 9.17) is 10.5 Å². The number of ether oxygens (including phenoxy) is 2. The second-order valence-electron chi connectivity index (χ2n) is 4.57. The molecule has 7 nitrogen and oxygen atoms in total. The van der Waals surface area contributed by atoms with Gasteiger partial charge in [-0.05, 0) is 36.2 Å². The minimum atomic E-state index is -0.595. The first-order chi connectivity index (χ1) is 11.1. The molecule has 0 saturated carbocycles. The quantitative estimate of drug-likeness (QED) is 0.781. The van der Waals surface area contributed by atoms with Gasteiger partial charge in [0.15, 0.2) is 5.56 Å². The van der Waals surface area contributed by atoms with Gasteiger partial charge in [0.05, 0.1) is 7.11 Å². The molecular weight excluding hydrogens is 318 g/mol. The third-order valence-electron chi connectivity index (χ3n) is 2.98. The smallest absolute Gasteiger partial charge is 0.346 e. The van der Waals surface area contributed by atoms with Crippen molar-refractivity contribution in [2.75, 3.05) is 19.4 Å². The summed E-state index contributed by atoms with van der Waals surface area (Å²) in [5.74, 6) is -0.618. The van der Waals surface area contributed by atoms with Gasteiger partial charge in [0, 0.05) is 12.1 Å². The number of nitrogens with zero attached hydrogens (tertiary/aromatic N) is 1. The summed E-state index contributed by atoms with van der Waals surface area (Å²) < 4.78 is 14.2. The fourth-order valence-corrected chi connectivity index (χ4v) is 2.48. The number of anilines is 1. The molecule has 1 amide bonds. The van der Waals surface area contributed by atoms with E-state index in [-0.39, 0.29) is 29.0 Å². The predicted molar refractivity (Wildman–Crippen MR) is 86.6 cm³/mol. The zero-order valence-electron chi connectivity index (χ0n) is 12.8. The number of nitrogen functional groups attached to an aromatic ring is 1. The molecule has 2 rings (SSSR count). The van der Waals surface area contributed by atoms with Crippen LogP contribution in [0.2, 0.25) is 0 Å². The van der Waals surface area contributed by atoms with Gasteiger partial charge in [-0.15, -0.1) is 0 Å². The van der Waals surface area contributed by atoms with Gasteiger partial charge in [0.25, 0.3) is 5.91 Å². The average molecular weight is 335 g/mol. The van der Waals surface area contributed by atoms with Crippen LogP contribution in [0.25, 0.3) is 0 Å². The Hall–Kier alpha value is -2.61. The number of nitrogens with two attached hydrogens (primary N) is 1. The van der Waals surface area contributed by atoms with E-state index in [1.165, 1.54) is 7.11 Å². The number of hydrogen-bond acceptors (Lipinski definition) is 7. The van der Waals surface area contributed by atoms with Crippen molar-refractivity contribution in [3.05, 3.63) is 41.0 Å². The fourth-order valence-electron chi connectivity index (χ4n) is 1.89. The minimum absolute atomic E-state index is 0.123. The first-order valence-electron chi connectivity index (χ1n) is 6.90. The molecule has 0 unspecified atom stereocenters. The van der Waals surface area contributed by atoms with Gasteiger partial charge in [-0.2, -0.15) is 4.37 Å². The number of nitrogens with one attached hydrogen (secondary N) is 1. The molecule has 1 aromatic heterocycles. The molecule has 122 valence electrons. The molecule has 0 fully saturated rings. The van der Waals surface area contributed by atoms with E-state index >= 15 is 0 Å². The molecule has 0 atom stereocenters. The molecule has 0 bridgehead atoms. The molecule has 1 heterocycles. The zero-order chi connectivity index (χ0) is 16.8. The van der Waals surface area contributed by atoms with Gasteiger partial charge < -0.3 is 20.5 Å². The van der Waals surface area contributed by atoms with Crippen molar-refractivity contribution in [1.29, 1.82) is 0 Å². The maximum atomic E-state index is 11.8. The van der Waals surface area contributed by atoms with Crippen molar-refractivity contribution in [2.45, 2.75) is 13.5 Å². The van der Waals surface area contributed by atoms with Crippen LogP contribution in [0.15, 0.2) is 24.3 Å². The van der Waals surface area contributed by atoms with Gasteiger partial charge in [-0.1, -0.05) is 12.1 Å². The largest absolute Gasteiger partial charge is 0.472 e. The van der Waals surface area contributed by atoms with Crippen LogP contribution >= 0.6 is 11.5 Å². The summed E-state index contributed by atoms with van der Waals surface area (Å²) in [4.78, 5) is 23.5. The minimum Gasteiger partial charge on any atom is -0.472 e. The standard InChI is InChI=1S/C15H17N3O4S/c1-3-17-13(19)10-6-4-5-9(7-10)8-22-14-11(15(20)21-2)12(16)23-18-14/h4-7H,3,8,16H2,1-2H3,(H,17,19). The Labute approximate surface area is 137 Å². The Morgan fingerprint density at radius 3 is 2.87 bits per heavy atom. The molecule has 2 aromatic rings.